The molecule has 14 heavy (non-hydrogen) atoms. The summed E-state index contributed by atoms with van der Waals surface area (Å²) in [6, 6.07) is 6.81. The number of hydrogen-bond acceptors (Lipinski definition) is 3. The topological polar surface area (TPSA) is 66.4 Å². The van der Waals surface area contributed by atoms with Gasteiger partial charge in [0.25, 0.3) is 0 Å². The number of aliphatic hydroxyl groups is 1. The second-order valence-electron chi connectivity index (χ2n) is 2.94. The van der Waals surface area contributed by atoms with Crippen molar-refractivity contribution in [3.8, 4) is 0 Å². The summed E-state index contributed by atoms with van der Waals surface area (Å²) in [5, 5.41) is 8.78. The van der Waals surface area contributed by atoms with Gasteiger partial charge in [0.1, 0.15) is 0 Å². The third kappa shape index (κ3) is 3.10. The van der Waals surface area contributed by atoms with Crippen molar-refractivity contribution in [2.45, 2.75) is 12.4 Å². The molecule has 0 bridgehead atoms. The van der Waals surface area contributed by atoms with Crippen LogP contribution in [0.5, 0.6) is 0 Å². The van der Waals surface area contributed by atoms with Gasteiger partial charge in [-0.3, -0.25) is 0 Å². The van der Waals surface area contributed by atoms with Crippen molar-refractivity contribution >= 4 is 10.0 Å². The maximum absolute atomic E-state index is 11.2. The Bertz CT molecular complexity index is 383. The van der Waals surface area contributed by atoms with Crippen LogP contribution in [0.4, 0.5) is 0 Å². The third-order valence-corrected chi connectivity index (χ3v) is 3.21. The molecule has 0 saturated heterocycles. The Balaban J connectivity index is 2.79. The summed E-state index contributed by atoms with van der Waals surface area (Å²) in [6.45, 7) is -0.0287. The molecule has 0 radical (unpaired) electrons. The van der Waals surface area contributed by atoms with Crippen molar-refractivity contribution in [3.05, 3.63) is 35.4 Å². The van der Waals surface area contributed by atoms with Crippen molar-refractivity contribution in [2.24, 2.45) is 0 Å². The molecule has 0 aliphatic rings. The summed E-state index contributed by atoms with van der Waals surface area (Å²) in [5.41, 5.74) is 1.48. The molecule has 0 atom stereocenters. The zero-order valence-electron chi connectivity index (χ0n) is 7.90. The SMILES string of the molecule is CNS(=O)(=O)Cc1ccc(CO)cc1. The van der Waals surface area contributed by atoms with Crippen molar-refractivity contribution in [2.75, 3.05) is 7.05 Å². The fourth-order valence-corrected chi connectivity index (χ4v) is 1.81. The Morgan fingerprint density at radius 1 is 1.21 bits per heavy atom. The van der Waals surface area contributed by atoms with Crippen molar-refractivity contribution in [1.82, 2.24) is 4.72 Å². The van der Waals surface area contributed by atoms with Gasteiger partial charge in [0.2, 0.25) is 10.0 Å². The average molecular weight is 215 g/mol. The van der Waals surface area contributed by atoms with E-state index in [4.69, 9.17) is 5.11 Å². The van der Waals surface area contributed by atoms with Crippen LogP contribution in [0.25, 0.3) is 0 Å². The van der Waals surface area contributed by atoms with Gasteiger partial charge in [0, 0.05) is 0 Å². The van der Waals surface area contributed by atoms with Crippen LogP contribution in [-0.2, 0) is 22.4 Å². The Labute approximate surface area is 83.6 Å². The van der Waals surface area contributed by atoms with Gasteiger partial charge in [-0.15, -0.1) is 0 Å². The molecule has 1 aromatic carbocycles. The Morgan fingerprint density at radius 2 is 1.71 bits per heavy atom. The number of benzene rings is 1. The first-order valence-electron chi connectivity index (χ1n) is 4.17. The molecular weight excluding hydrogens is 202 g/mol. The quantitative estimate of drug-likeness (QED) is 0.755. The lowest BCUT2D eigenvalue weighted by Crippen LogP contribution is -2.20. The van der Waals surface area contributed by atoms with Gasteiger partial charge in [-0.05, 0) is 18.2 Å². The van der Waals surface area contributed by atoms with E-state index in [1.165, 1.54) is 7.05 Å². The lowest BCUT2D eigenvalue weighted by atomic mass is 10.2. The van der Waals surface area contributed by atoms with Gasteiger partial charge < -0.3 is 5.11 Å². The van der Waals surface area contributed by atoms with E-state index < -0.39 is 10.0 Å². The Hall–Kier alpha value is -0.910. The molecule has 0 heterocycles. The molecule has 78 valence electrons. The predicted molar refractivity (Wildman–Crippen MR) is 54.0 cm³/mol. The van der Waals surface area contributed by atoms with Crippen LogP contribution < -0.4 is 4.72 Å². The summed E-state index contributed by atoms with van der Waals surface area (Å²) in [4.78, 5) is 0. The highest BCUT2D eigenvalue weighted by atomic mass is 32.2. The minimum Gasteiger partial charge on any atom is -0.392 e. The maximum atomic E-state index is 11.2. The Morgan fingerprint density at radius 3 is 2.14 bits per heavy atom. The maximum Gasteiger partial charge on any atom is 0.215 e. The van der Waals surface area contributed by atoms with Crippen LogP contribution in [0.2, 0.25) is 0 Å². The molecule has 2 N–H and O–H groups in total. The minimum atomic E-state index is -3.20. The van der Waals surface area contributed by atoms with Gasteiger partial charge >= 0.3 is 0 Å². The van der Waals surface area contributed by atoms with Gasteiger partial charge in [-0.2, -0.15) is 0 Å². The van der Waals surface area contributed by atoms with Crippen LogP contribution in [0, 0.1) is 0 Å². The van der Waals surface area contributed by atoms with Gasteiger partial charge in [0.05, 0.1) is 12.4 Å². The van der Waals surface area contributed by atoms with Crippen LogP contribution in [0.1, 0.15) is 11.1 Å². The van der Waals surface area contributed by atoms with E-state index >= 15 is 0 Å². The summed E-state index contributed by atoms with van der Waals surface area (Å²) in [6.07, 6.45) is 0. The standard InChI is InChI=1S/C9H13NO3S/c1-10-14(12,13)7-9-4-2-8(6-11)3-5-9/h2-5,10-11H,6-7H2,1H3. The molecule has 0 spiro atoms. The molecule has 0 fully saturated rings. The van der Waals surface area contributed by atoms with Crippen molar-refractivity contribution < 1.29 is 13.5 Å². The number of hydrogen-bond donors (Lipinski definition) is 2. The zero-order chi connectivity index (χ0) is 10.6. The summed E-state index contributed by atoms with van der Waals surface area (Å²) >= 11 is 0. The van der Waals surface area contributed by atoms with Gasteiger partial charge in [-0.25, -0.2) is 13.1 Å². The largest absolute Gasteiger partial charge is 0.392 e. The van der Waals surface area contributed by atoms with Crippen LogP contribution in [0.3, 0.4) is 0 Å². The third-order valence-electron chi connectivity index (χ3n) is 1.87. The normalized spacial score (nSPS) is 11.6. The van der Waals surface area contributed by atoms with E-state index in [0.29, 0.717) is 5.56 Å². The van der Waals surface area contributed by atoms with E-state index in [-0.39, 0.29) is 12.4 Å². The molecule has 0 amide bonds. The highest BCUT2D eigenvalue weighted by Gasteiger charge is 2.07. The molecule has 0 aliphatic carbocycles. The Kier molecular flexibility index (Phi) is 3.62. The molecule has 0 aromatic heterocycles. The van der Waals surface area contributed by atoms with E-state index in [1.54, 1.807) is 24.3 Å². The van der Waals surface area contributed by atoms with Crippen LogP contribution >= 0.6 is 0 Å². The van der Waals surface area contributed by atoms with E-state index in [0.717, 1.165) is 5.56 Å². The molecule has 0 unspecified atom stereocenters. The van der Waals surface area contributed by atoms with Gasteiger partial charge in [0.15, 0.2) is 0 Å². The highest BCUT2D eigenvalue weighted by molar-refractivity contribution is 7.88. The molecule has 0 aliphatic heterocycles. The van der Waals surface area contributed by atoms with E-state index in [9.17, 15) is 8.42 Å². The summed E-state index contributed by atoms with van der Waals surface area (Å²) < 4.78 is 24.6. The van der Waals surface area contributed by atoms with Crippen molar-refractivity contribution in [3.63, 3.8) is 0 Å². The van der Waals surface area contributed by atoms with Crippen LogP contribution in [-0.4, -0.2) is 20.6 Å². The minimum absolute atomic E-state index is 0.0287. The fraction of sp³-hybridized carbons (Fsp3) is 0.333. The number of nitrogens with one attached hydrogen (secondary N) is 1. The fourth-order valence-electron chi connectivity index (χ4n) is 1.03. The molecule has 4 nitrogen and oxygen atoms in total. The second kappa shape index (κ2) is 4.54. The summed E-state index contributed by atoms with van der Waals surface area (Å²) in [7, 11) is -1.82. The lowest BCUT2D eigenvalue weighted by molar-refractivity contribution is 0.282. The predicted octanol–water partition coefficient (Wildman–Crippen LogP) is 0.228. The smallest absolute Gasteiger partial charge is 0.215 e. The van der Waals surface area contributed by atoms with E-state index in [2.05, 4.69) is 4.72 Å². The number of sulfonamides is 1. The first-order chi connectivity index (χ1) is 6.57. The monoisotopic (exact) mass is 215 g/mol. The van der Waals surface area contributed by atoms with E-state index in [1.807, 2.05) is 0 Å². The molecule has 0 saturated carbocycles. The molecule has 5 heteroatoms. The van der Waals surface area contributed by atoms with Gasteiger partial charge in [-0.1, -0.05) is 24.3 Å². The first-order valence-corrected chi connectivity index (χ1v) is 5.82. The second-order valence-corrected chi connectivity index (χ2v) is 4.86. The zero-order valence-corrected chi connectivity index (χ0v) is 8.71. The van der Waals surface area contributed by atoms with Crippen LogP contribution in [0.15, 0.2) is 24.3 Å². The molecule has 1 rings (SSSR count). The summed E-state index contributed by atoms with van der Waals surface area (Å²) in [5.74, 6) is -0.0325. The van der Waals surface area contributed by atoms with Crippen molar-refractivity contribution in [1.29, 1.82) is 0 Å². The first kappa shape index (κ1) is 11.2. The number of rotatable bonds is 4. The number of aliphatic hydroxyl groups excluding tert-OH is 1. The lowest BCUT2D eigenvalue weighted by Gasteiger charge is -2.03. The molecular formula is C9H13NO3S. The molecule has 1 aromatic rings. The average Bonchev–Trinajstić information content (AvgIpc) is 2.19. The highest BCUT2D eigenvalue weighted by Crippen LogP contribution is 2.07.